The second-order valence-electron chi connectivity index (χ2n) is 8.21. The Bertz CT molecular complexity index is 878. The molecule has 0 spiro atoms. The first-order valence-corrected chi connectivity index (χ1v) is 9.59. The van der Waals surface area contributed by atoms with Crippen LogP contribution < -0.4 is 5.32 Å². The van der Waals surface area contributed by atoms with Crippen LogP contribution in [-0.2, 0) is 27.5 Å². The molecule has 0 saturated carbocycles. The number of rotatable bonds is 5. The molecular formula is C22H26N4O3. The lowest BCUT2D eigenvalue weighted by Gasteiger charge is -2.40. The molecule has 3 amide bonds. The largest absolute Gasteiger partial charge is 0.350 e. The number of aromatic nitrogens is 1. The number of nitrogens with zero attached hydrogens (tertiary/aromatic N) is 3. The molecule has 1 saturated heterocycles. The van der Waals surface area contributed by atoms with Crippen molar-refractivity contribution >= 4 is 17.7 Å². The Morgan fingerprint density at radius 3 is 2.24 bits per heavy atom. The van der Waals surface area contributed by atoms with E-state index in [9.17, 15) is 14.4 Å². The van der Waals surface area contributed by atoms with Crippen LogP contribution in [0, 0.1) is 0 Å². The lowest BCUT2D eigenvalue weighted by atomic mass is 10.0. The van der Waals surface area contributed by atoms with E-state index < -0.39 is 23.4 Å². The van der Waals surface area contributed by atoms with Crippen LogP contribution in [0.1, 0.15) is 31.9 Å². The predicted octanol–water partition coefficient (Wildman–Crippen LogP) is 1.74. The SMILES string of the molecule is CC(C)(C)NC(=O)C1CN(Cc2ccncc2)C(=O)C(=O)N1Cc1ccccc1. The summed E-state index contributed by atoms with van der Waals surface area (Å²) in [6.07, 6.45) is 3.27. The molecule has 29 heavy (non-hydrogen) atoms. The molecule has 1 unspecified atom stereocenters. The van der Waals surface area contributed by atoms with Crippen LogP contribution in [0.4, 0.5) is 0 Å². The van der Waals surface area contributed by atoms with Gasteiger partial charge in [-0.25, -0.2) is 0 Å². The number of carbonyl (C=O) groups is 3. The average molecular weight is 394 g/mol. The van der Waals surface area contributed by atoms with Crippen LogP contribution in [-0.4, -0.2) is 50.6 Å². The molecular weight excluding hydrogens is 368 g/mol. The highest BCUT2D eigenvalue weighted by Crippen LogP contribution is 2.19. The van der Waals surface area contributed by atoms with E-state index in [-0.39, 0.29) is 25.5 Å². The van der Waals surface area contributed by atoms with Gasteiger partial charge in [-0.3, -0.25) is 19.4 Å². The van der Waals surface area contributed by atoms with Crippen LogP contribution in [0.3, 0.4) is 0 Å². The molecule has 7 nitrogen and oxygen atoms in total. The number of benzene rings is 1. The van der Waals surface area contributed by atoms with Gasteiger partial charge in [0.25, 0.3) is 0 Å². The van der Waals surface area contributed by atoms with Gasteiger partial charge in [-0.15, -0.1) is 0 Å². The van der Waals surface area contributed by atoms with E-state index in [4.69, 9.17) is 0 Å². The Balaban J connectivity index is 1.87. The van der Waals surface area contributed by atoms with Crippen molar-refractivity contribution in [2.45, 2.75) is 45.4 Å². The molecule has 152 valence electrons. The van der Waals surface area contributed by atoms with Gasteiger partial charge < -0.3 is 15.1 Å². The Morgan fingerprint density at radius 1 is 1.00 bits per heavy atom. The molecule has 7 heteroatoms. The topological polar surface area (TPSA) is 82.6 Å². The van der Waals surface area contributed by atoms with Crippen molar-refractivity contribution in [3.63, 3.8) is 0 Å². The van der Waals surface area contributed by atoms with Crippen LogP contribution in [0.5, 0.6) is 0 Å². The number of carbonyl (C=O) groups excluding carboxylic acids is 3. The van der Waals surface area contributed by atoms with Crippen LogP contribution in [0.25, 0.3) is 0 Å². The summed E-state index contributed by atoms with van der Waals surface area (Å²) < 4.78 is 0. The summed E-state index contributed by atoms with van der Waals surface area (Å²) in [5.41, 5.74) is 1.27. The molecule has 1 aromatic carbocycles. The van der Waals surface area contributed by atoms with Crippen molar-refractivity contribution in [3.05, 3.63) is 66.0 Å². The van der Waals surface area contributed by atoms with Crippen molar-refractivity contribution < 1.29 is 14.4 Å². The van der Waals surface area contributed by atoms with Crippen molar-refractivity contribution in [1.29, 1.82) is 0 Å². The number of amides is 3. The monoisotopic (exact) mass is 394 g/mol. The van der Waals surface area contributed by atoms with Gasteiger partial charge in [-0.05, 0) is 44.0 Å². The molecule has 0 radical (unpaired) electrons. The van der Waals surface area contributed by atoms with E-state index >= 15 is 0 Å². The molecule has 2 aromatic rings. The standard InChI is InChI=1S/C22H26N4O3/c1-22(2,3)24-19(27)18-15-25(13-17-9-11-23-12-10-17)20(28)21(29)26(18)14-16-7-5-4-6-8-16/h4-12,18H,13-15H2,1-3H3,(H,24,27). The molecule has 1 aliphatic heterocycles. The highest BCUT2D eigenvalue weighted by atomic mass is 16.2. The Morgan fingerprint density at radius 2 is 1.62 bits per heavy atom. The maximum absolute atomic E-state index is 13.0. The van der Waals surface area contributed by atoms with Gasteiger partial charge in [0, 0.05) is 31.0 Å². The fraction of sp³-hybridized carbons (Fsp3) is 0.364. The minimum atomic E-state index is -0.763. The first kappa shape index (κ1) is 20.5. The third kappa shape index (κ3) is 5.19. The molecule has 1 aliphatic rings. The second-order valence-corrected chi connectivity index (χ2v) is 8.21. The molecule has 3 rings (SSSR count). The zero-order chi connectivity index (χ0) is 21.0. The van der Waals surface area contributed by atoms with Gasteiger partial charge in [0.15, 0.2) is 0 Å². The minimum absolute atomic E-state index is 0.141. The van der Waals surface area contributed by atoms with Crippen LogP contribution >= 0.6 is 0 Å². The van der Waals surface area contributed by atoms with Gasteiger partial charge >= 0.3 is 11.8 Å². The molecule has 2 heterocycles. The van der Waals surface area contributed by atoms with E-state index in [0.717, 1.165) is 11.1 Å². The highest BCUT2D eigenvalue weighted by Gasteiger charge is 2.42. The summed E-state index contributed by atoms with van der Waals surface area (Å²) in [7, 11) is 0. The van der Waals surface area contributed by atoms with Gasteiger partial charge in [-0.2, -0.15) is 0 Å². The number of nitrogens with one attached hydrogen (secondary N) is 1. The Hall–Kier alpha value is -3.22. The quantitative estimate of drug-likeness (QED) is 0.783. The zero-order valence-corrected chi connectivity index (χ0v) is 17.0. The second kappa shape index (κ2) is 8.43. The summed E-state index contributed by atoms with van der Waals surface area (Å²) in [5, 5.41) is 2.94. The Labute approximate surface area is 170 Å². The van der Waals surface area contributed by atoms with Crippen molar-refractivity contribution in [2.75, 3.05) is 6.54 Å². The van der Waals surface area contributed by atoms with Crippen LogP contribution in [0.15, 0.2) is 54.9 Å². The fourth-order valence-electron chi connectivity index (χ4n) is 3.27. The van der Waals surface area contributed by atoms with Gasteiger partial charge in [0.2, 0.25) is 5.91 Å². The van der Waals surface area contributed by atoms with E-state index in [0.29, 0.717) is 0 Å². The average Bonchev–Trinajstić information content (AvgIpc) is 2.68. The molecule has 1 N–H and O–H groups in total. The van der Waals surface area contributed by atoms with Crippen molar-refractivity contribution in [1.82, 2.24) is 20.1 Å². The molecule has 0 aliphatic carbocycles. The summed E-state index contributed by atoms with van der Waals surface area (Å²) in [5.74, 6) is -1.53. The number of hydrogen-bond donors (Lipinski definition) is 1. The zero-order valence-electron chi connectivity index (χ0n) is 17.0. The lowest BCUT2D eigenvalue weighted by molar-refractivity contribution is -0.162. The summed E-state index contributed by atoms with van der Waals surface area (Å²) in [6, 6.07) is 12.2. The molecule has 1 aromatic heterocycles. The van der Waals surface area contributed by atoms with Crippen LogP contribution in [0.2, 0.25) is 0 Å². The summed E-state index contributed by atoms with van der Waals surface area (Å²) >= 11 is 0. The highest BCUT2D eigenvalue weighted by molar-refractivity contribution is 6.36. The maximum Gasteiger partial charge on any atom is 0.313 e. The smallest absolute Gasteiger partial charge is 0.313 e. The normalized spacial score (nSPS) is 17.4. The van der Waals surface area contributed by atoms with Crippen molar-refractivity contribution in [3.8, 4) is 0 Å². The van der Waals surface area contributed by atoms with E-state index in [1.807, 2.05) is 51.1 Å². The third-order valence-electron chi connectivity index (χ3n) is 4.62. The summed E-state index contributed by atoms with van der Waals surface area (Å²) in [4.78, 5) is 45.5. The van der Waals surface area contributed by atoms with E-state index in [1.165, 1.54) is 9.80 Å². The number of hydrogen-bond acceptors (Lipinski definition) is 4. The van der Waals surface area contributed by atoms with E-state index in [2.05, 4.69) is 10.3 Å². The molecule has 0 bridgehead atoms. The van der Waals surface area contributed by atoms with Gasteiger partial charge in [-0.1, -0.05) is 30.3 Å². The van der Waals surface area contributed by atoms with Crippen molar-refractivity contribution in [2.24, 2.45) is 0 Å². The first-order valence-electron chi connectivity index (χ1n) is 9.59. The number of pyridine rings is 1. The van der Waals surface area contributed by atoms with Gasteiger partial charge in [0.1, 0.15) is 6.04 Å². The lowest BCUT2D eigenvalue weighted by Crippen LogP contribution is -2.64. The predicted molar refractivity (Wildman–Crippen MR) is 108 cm³/mol. The molecule has 1 fully saturated rings. The minimum Gasteiger partial charge on any atom is -0.350 e. The van der Waals surface area contributed by atoms with E-state index in [1.54, 1.807) is 24.5 Å². The number of piperazine rings is 1. The van der Waals surface area contributed by atoms with Gasteiger partial charge in [0.05, 0.1) is 6.54 Å². The summed E-state index contributed by atoms with van der Waals surface area (Å²) in [6.45, 7) is 6.26. The third-order valence-corrected chi connectivity index (χ3v) is 4.62. The maximum atomic E-state index is 13.0. The molecule has 1 atom stereocenters. The Kier molecular flexibility index (Phi) is 5.96. The first-order chi connectivity index (χ1) is 13.7. The fourth-order valence-corrected chi connectivity index (χ4v) is 3.27.